The molecule has 1 unspecified atom stereocenters. The van der Waals surface area contributed by atoms with Gasteiger partial charge in [0.25, 0.3) is 11.8 Å². The van der Waals surface area contributed by atoms with Crippen molar-refractivity contribution in [2.24, 2.45) is 10.7 Å². The molecule has 292 valence electrons. The third kappa shape index (κ3) is 11.4. The molecule has 16 nitrogen and oxygen atoms in total. The van der Waals surface area contributed by atoms with Gasteiger partial charge >= 0.3 is 0 Å². The number of aryl methyl sites for hydroxylation is 2. The van der Waals surface area contributed by atoms with Crippen LogP contribution in [-0.2, 0) is 43.9 Å². The van der Waals surface area contributed by atoms with Crippen LogP contribution in [0.3, 0.4) is 0 Å². The second-order valence-corrected chi connectivity index (χ2v) is 12.8. The van der Waals surface area contributed by atoms with Crippen molar-refractivity contribution in [1.82, 2.24) is 45.9 Å². The quantitative estimate of drug-likeness (QED) is 0.0913. The van der Waals surface area contributed by atoms with Crippen LogP contribution >= 0.6 is 0 Å². The maximum Gasteiger partial charge on any atom is 0.253 e. The number of nitrogens with two attached hydrogens (primary N) is 2. The number of amidine groups is 1. The molecule has 0 aliphatic carbocycles. The Morgan fingerprint density at radius 3 is 1.81 bits per heavy atom. The number of carbonyl (C=O) groups excluding carboxylic acids is 2. The van der Waals surface area contributed by atoms with E-state index in [-0.39, 0.29) is 17.8 Å². The van der Waals surface area contributed by atoms with Crippen LogP contribution in [0.1, 0.15) is 68.2 Å². The fraction of sp³-hybridized carbons (Fsp3) is 0.220. The first-order valence-corrected chi connectivity index (χ1v) is 18.3. The van der Waals surface area contributed by atoms with Gasteiger partial charge in [-0.1, -0.05) is 62.4 Å². The van der Waals surface area contributed by atoms with Crippen molar-refractivity contribution in [2.75, 3.05) is 5.73 Å². The molecule has 16 heteroatoms. The Kier molecular flexibility index (Phi) is 13.4. The van der Waals surface area contributed by atoms with Crippen molar-refractivity contribution in [3.63, 3.8) is 0 Å². The summed E-state index contributed by atoms with van der Waals surface area (Å²) in [7, 11) is 0. The highest BCUT2D eigenvalue weighted by atomic mass is 16.5. The summed E-state index contributed by atoms with van der Waals surface area (Å²) in [6.07, 6.45) is 9.34. The number of ether oxygens (including phenoxy) is 2. The second kappa shape index (κ2) is 19.4. The molecule has 0 bridgehead atoms. The van der Waals surface area contributed by atoms with Crippen molar-refractivity contribution in [2.45, 2.75) is 59.3 Å². The standard InChI is InChI=1S/C21H21N7O2.C20H23N5O2/c1-2-16-8-7-15(10-23-16)19(29)24-9-13-3-5-14(6-4-13)11-30-20-17-18(26-12-25-17)27-21(22)28-20;1-2-17-8-7-16(12-23-17)19(26)24-11-14-3-5-15(6-4-14)13-27-20-22-10-9-18(21)25-20/h3-8,10,12H,2,9,11H2,1H3,(H,24,29)(H3,22,25,26,27,28);3-10,12,20,22H,2,11,13H2,1H3,(H2,21,25)(H,24,26). The Morgan fingerprint density at radius 1 is 0.719 bits per heavy atom. The van der Waals surface area contributed by atoms with Gasteiger partial charge in [-0.3, -0.25) is 19.6 Å². The second-order valence-electron chi connectivity index (χ2n) is 12.8. The number of benzene rings is 2. The first-order chi connectivity index (χ1) is 27.8. The molecule has 5 heterocycles. The molecule has 1 aliphatic heterocycles. The summed E-state index contributed by atoms with van der Waals surface area (Å²) in [4.78, 5) is 52.2. The topological polar surface area (TPSA) is 233 Å². The van der Waals surface area contributed by atoms with Crippen molar-refractivity contribution in [3.8, 4) is 5.88 Å². The van der Waals surface area contributed by atoms with Gasteiger partial charge in [-0.05, 0) is 65.4 Å². The van der Waals surface area contributed by atoms with E-state index >= 15 is 0 Å². The molecule has 0 fully saturated rings. The maximum atomic E-state index is 12.3. The van der Waals surface area contributed by atoms with E-state index in [1.165, 1.54) is 6.33 Å². The van der Waals surface area contributed by atoms with Gasteiger partial charge in [-0.2, -0.15) is 9.97 Å². The zero-order valence-electron chi connectivity index (χ0n) is 31.6. The van der Waals surface area contributed by atoms with E-state index in [2.05, 4.69) is 50.8 Å². The van der Waals surface area contributed by atoms with E-state index < -0.39 is 6.35 Å². The van der Waals surface area contributed by atoms with Gasteiger partial charge in [0.05, 0.1) is 24.1 Å². The highest BCUT2D eigenvalue weighted by Gasteiger charge is 2.12. The normalized spacial score (nSPS) is 13.2. The lowest BCUT2D eigenvalue weighted by Crippen LogP contribution is -2.31. The monoisotopic (exact) mass is 768 g/mol. The fourth-order valence-corrected chi connectivity index (χ4v) is 5.38. The predicted octanol–water partition coefficient (Wildman–Crippen LogP) is 4.25. The van der Waals surface area contributed by atoms with E-state index in [1.54, 1.807) is 36.8 Å². The lowest BCUT2D eigenvalue weighted by atomic mass is 10.1. The number of rotatable bonds is 14. The van der Waals surface area contributed by atoms with Crippen LogP contribution in [0.5, 0.6) is 5.88 Å². The summed E-state index contributed by atoms with van der Waals surface area (Å²) in [5.41, 5.74) is 19.4. The Hall–Kier alpha value is -7.20. The molecular weight excluding hydrogens is 725 g/mol. The number of hydrogen-bond acceptors (Lipinski definition) is 13. The number of imidazole rings is 1. The molecule has 1 aliphatic rings. The number of anilines is 1. The number of aromatic nitrogens is 6. The average molecular weight is 769 g/mol. The number of hydrogen-bond donors (Lipinski definition) is 6. The smallest absolute Gasteiger partial charge is 0.253 e. The minimum Gasteiger partial charge on any atom is -0.471 e. The van der Waals surface area contributed by atoms with Crippen molar-refractivity contribution in [1.29, 1.82) is 0 Å². The molecule has 57 heavy (non-hydrogen) atoms. The first-order valence-electron chi connectivity index (χ1n) is 18.3. The Morgan fingerprint density at radius 2 is 1.28 bits per heavy atom. The largest absolute Gasteiger partial charge is 0.471 e. The molecule has 8 N–H and O–H groups in total. The molecule has 1 atom stereocenters. The van der Waals surface area contributed by atoms with Crippen LogP contribution in [-0.4, -0.2) is 53.9 Å². The number of aliphatic imine (C=N–C) groups is 1. The van der Waals surface area contributed by atoms with Gasteiger partial charge in [-0.15, -0.1) is 0 Å². The van der Waals surface area contributed by atoms with Crippen LogP contribution in [0.4, 0.5) is 5.95 Å². The van der Waals surface area contributed by atoms with Crippen LogP contribution in [0, 0.1) is 0 Å². The summed E-state index contributed by atoms with van der Waals surface area (Å²) < 4.78 is 11.4. The van der Waals surface area contributed by atoms with Crippen molar-refractivity contribution in [3.05, 3.63) is 149 Å². The minimum atomic E-state index is -0.471. The van der Waals surface area contributed by atoms with E-state index in [9.17, 15) is 9.59 Å². The SMILES string of the molecule is CCc1ccc(C(=O)NCc2ccc(COC3N=C(N)C=CN3)cc2)cn1.CCc1ccc(C(=O)NCc2ccc(COc3nc(N)nc4nc[nH]c34)cc2)cn1. The fourth-order valence-electron chi connectivity index (χ4n) is 5.38. The van der Waals surface area contributed by atoms with Gasteiger partial charge in [0.2, 0.25) is 18.2 Å². The molecular formula is C41H44N12O4. The molecule has 0 saturated carbocycles. The zero-order valence-corrected chi connectivity index (χ0v) is 31.6. The third-order valence-corrected chi connectivity index (χ3v) is 8.66. The average Bonchev–Trinajstić information content (AvgIpc) is 3.73. The lowest BCUT2D eigenvalue weighted by molar-refractivity contribution is 0.0322. The van der Waals surface area contributed by atoms with Crippen LogP contribution in [0.25, 0.3) is 11.2 Å². The summed E-state index contributed by atoms with van der Waals surface area (Å²) in [5, 5.41) is 8.77. The minimum absolute atomic E-state index is 0.107. The molecule has 7 rings (SSSR count). The summed E-state index contributed by atoms with van der Waals surface area (Å²) in [6, 6.07) is 22.9. The van der Waals surface area contributed by atoms with E-state index in [4.69, 9.17) is 20.9 Å². The Balaban J connectivity index is 0.000000194. The number of amides is 2. The molecule has 6 aromatic rings. The molecule has 2 aromatic carbocycles. The highest BCUT2D eigenvalue weighted by molar-refractivity contribution is 5.94. The number of carbonyl (C=O) groups is 2. The zero-order chi connectivity index (χ0) is 40.0. The third-order valence-electron chi connectivity index (χ3n) is 8.66. The van der Waals surface area contributed by atoms with Crippen LogP contribution in [0.2, 0.25) is 0 Å². The number of nitrogens with one attached hydrogen (secondary N) is 4. The number of H-pyrrole nitrogens is 1. The summed E-state index contributed by atoms with van der Waals surface area (Å²) in [6.45, 7) is 5.65. The van der Waals surface area contributed by atoms with Crippen molar-refractivity contribution >= 4 is 34.8 Å². The van der Waals surface area contributed by atoms with Gasteiger partial charge in [-0.25, -0.2) is 9.98 Å². The number of nitrogen functional groups attached to an aromatic ring is 1. The number of aromatic amines is 1. The van der Waals surface area contributed by atoms with Crippen LogP contribution in [0.15, 0.2) is 109 Å². The molecule has 0 radical (unpaired) electrons. The molecule has 2 amide bonds. The van der Waals surface area contributed by atoms with Gasteiger partial charge in [0.15, 0.2) is 5.65 Å². The summed E-state index contributed by atoms with van der Waals surface area (Å²) >= 11 is 0. The van der Waals surface area contributed by atoms with E-state index in [0.717, 1.165) is 46.5 Å². The van der Waals surface area contributed by atoms with Gasteiger partial charge in [0.1, 0.15) is 18.0 Å². The molecule has 0 saturated heterocycles. The number of nitrogens with zero attached hydrogens (tertiary/aromatic N) is 6. The van der Waals surface area contributed by atoms with E-state index in [0.29, 0.717) is 60.3 Å². The highest BCUT2D eigenvalue weighted by Crippen LogP contribution is 2.21. The van der Waals surface area contributed by atoms with E-state index in [1.807, 2.05) is 74.5 Å². The Bertz CT molecular complexity index is 2310. The maximum absolute atomic E-state index is 12.3. The number of pyridine rings is 2. The predicted molar refractivity (Wildman–Crippen MR) is 215 cm³/mol. The van der Waals surface area contributed by atoms with Gasteiger partial charge in [0, 0.05) is 43.1 Å². The molecule has 4 aromatic heterocycles. The van der Waals surface area contributed by atoms with Crippen molar-refractivity contribution < 1.29 is 19.1 Å². The Labute approximate surface area is 329 Å². The van der Waals surface area contributed by atoms with Crippen LogP contribution < -0.4 is 32.2 Å². The lowest BCUT2D eigenvalue weighted by Gasteiger charge is -2.17. The number of fused-ring (bicyclic) bond motifs is 1. The summed E-state index contributed by atoms with van der Waals surface area (Å²) in [5.74, 6) is 0.612. The van der Waals surface area contributed by atoms with Gasteiger partial charge < -0.3 is 41.9 Å². The first kappa shape index (κ1) is 39.5. The molecule has 0 spiro atoms.